The molecule has 0 bridgehead atoms. The third-order valence-electron chi connectivity index (χ3n) is 1.61. The lowest BCUT2D eigenvalue weighted by Gasteiger charge is -2.02. The molecule has 6 heteroatoms. The van der Waals surface area contributed by atoms with Gasteiger partial charge < -0.3 is 5.73 Å². The first-order chi connectivity index (χ1) is 7.25. The van der Waals surface area contributed by atoms with Crippen molar-refractivity contribution in [3.05, 3.63) is 34.4 Å². The fraction of sp³-hybridized carbons (Fsp3) is 0. The summed E-state index contributed by atoms with van der Waals surface area (Å²) >= 11 is 3.60. The normalized spacial score (nSPS) is 10.2. The van der Waals surface area contributed by atoms with E-state index in [1.807, 2.05) is 6.07 Å². The molecule has 2 aromatic heterocycles. The van der Waals surface area contributed by atoms with E-state index in [0.717, 1.165) is 8.47 Å². The van der Waals surface area contributed by atoms with Crippen molar-refractivity contribution < 1.29 is 0 Å². The Kier molecular flexibility index (Phi) is 3.37. The molecule has 0 spiro atoms. The van der Waals surface area contributed by atoms with Crippen LogP contribution in [0.1, 0.15) is 0 Å². The van der Waals surface area contributed by atoms with Crippen LogP contribution >= 0.6 is 34.4 Å². The molecule has 2 aromatic rings. The van der Waals surface area contributed by atoms with Gasteiger partial charge in [0.1, 0.15) is 0 Å². The van der Waals surface area contributed by atoms with Gasteiger partial charge in [0.15, 0.2) is 5.16 Å². The van der Waals surface area contributed by atoms with Crippen molar-refractivity contribution in [3.8, 4) is 0 Å². The zero-order valence-electron chi connectivity index (χ0n) is 7.59. The molecule has 0 atom stereocenters. The van der Waals surface area contributed by atoms with Crippen molar-refractivity contribution in [2.75, 3.05) is 5.73 Å². The van der Waals surface area contributed by atoms with Crippen LogP contribution in [0, 0.1) is 3.57 Å². The van der Waals surface area contributed by atoms with E-state index in [0.29, 0.717) is 10.8 Å². The summed E-state index contributed by atoms with van der Waals surface area (Å²) in [5.74, 6) is 0. The lowest BCUT2D eigenvalue weighted by Crippen LogP contribution is -1.91. The van der Waals surface area contributed by atoms with Crippen LogP contribution in [0.4, 0.5) is 5.69 Å². The molecule has 2 heterocycles. The Hall–Kier alpha value is -0.890. The summed E-state index contributed by atoms with van der Waals surface area (Å²) in [6.45, 7) is 0. The molecule has 0 aromatic carbocycles. The summed E-state index contributed by atoms with van der Waals surface area (Å²) in [7, 11) is 0. The molecule has 0 aliphatic rings. The van der Waals surface area contributed by atoms with Gasteiger partial charge >= 0.3 is 0 Å². The minimum absolute atomic E-state index is 0.643. The Balaban J connectivity index is 2.22. The number of nitrogens with two attached hydrogens (primary N) is 1. The molecule has 0 unspecified atom stereocenters. The average molecular weight is 330 g/mol. The Morgan fingerprint density at radius 3 is 2.60 bits per heavy atom. The second kappa shape index (κ2) is 4.75. The van der Waals surface area contributed by atoms with Gasteiger partial charge in [0.25, 0.3) is 0 Å². The zero-order chi connectivity index (χ0) is 10.7. The van der Waals surface area contributed by atoms with Crippen LogP contribution in [0.15, 0.2) is 40.9 Å². The predicted octanol–water partition coefficient (Wildman–Crippen LogP) is 2.21. The smallest absolute Gasteiger partial charge is 0.192 e. The molecule has 0 radical (unpaired) electrons. The topological polar surface area (TPSA) is 64.7 Å². The SMILES string of the molecule is Nc1cnccc1Sc1ncc(I)cn1. The molecule has 0 saturated heterocycles. The van der Waals surface area contributed by atoms with Crippen LogP contribution in [0.5, 0.6) is 0 Å². The Morgan fingerprint density at radius 1 is 1.20 bits per heavy atom. The van der Waals surface area contributed by atoms with Gasteiger partial charge in [-0.2, -0.15) is 0 Å². The van der Waals surface area contributed by atoms with Crippen molar-refractivity contribution in [1.82, 2.24) is 15.0 Å². The number of halogens is 1. The lowest BCUT2D eigenvalue weighted by atomic mass is 10.4. The highest BCUT2D eigenvalue weighted by Crippen LogP contribution is 2.28. The number of anilines is 1. The number of nitrogen functional groups attached to an aromatic ring is 1. The van der Waals surface area contributed by atoms with Gasteiger partial charge in [-0.3, -0.25) is 4.98 Å². The standard InChI is InChI=1S/C9H7IN4S/c10-6-3-13-9(14-4-6)15-8-1-2-12-5-7(8)11/h1-5H,11H2. The third-order valence-corrected chi connectivity index (χ3v) is 3.15. The monoisotopic (exact) mass is 330 g/mol. The summed E-state index contributed by atoms with van der Waals surface area (Å²) in [6, 6.07) is 1.85. The van der Waals surface area contributed by atoms with E-state index in [1.165, 1.54) is 11.8 Å². The lowest BCUT2D eigenvalue weighted by molar-refractivity contribution is 0.957. The highest BCUT2D eigenvalue weighted by Gasteiger charge is 2.03. The van der Waals surface area contributed by atoms with Crippen LogP contribution in [0.2, 0.25) is 0 Å². The molecule has 0 aliphatic carbocycles. The van der Waals surface area contributed by atoms with Gasteiger partial charge in [-0.15, -0.1) is 0 Å². The summed E-state index contributed by atoms with van der Waals surface area (Å²) in [5.41, 5.74) is 6.40. The number of aromatic nitrogens is 3. The van der Waals surface area contributed by atoms with Gasteiger partial charge in [-0.05, 0) is 40.4 Å². The molecule has 2 rings (SSSR count). The second-order valence-corrected chi connectivity index (χ2v) is 4.95. The number of hydrogen-bond donors (Lipinski definition) is 1. The minimum atomic E-state index is 0.643. The molecular weight excluding hydrogens is 323 g/mol. The van der Waals surface area contributed by atoms with Crippen molar-refractivity contribution in [3.63, 3.8) is 0 Å². The zero-order valence-corrected chi connectivity index (χ0v) is 10.6. The molecular formula is C9H7IN4S. The maximum atomic E-state index is 5.76. The fourth-order valence-corrected chi connectivity index (χ4v) is 1.92. The first-order valence-electron chi connectivity index (χ1n) is 4.10. The minimum Gasteiger partial charge on any atom is -0.397 e. The summed E-state index contributed by atoms with van der Waals surface area (Å²) < 4.78 is 1.01. The maximum Gasteiger partial charge on any atom is 0.192 e. The van der Waals surface area contributed by atoms with Crippen molar-refractivity contribution in [1.29, 1.82) is 0 Å². The molecule has 0 aliphatic heterocycles. The third kappa shape index (κ3) is 2.78. The second-order valence-electron chi connectivity index (χ2n) is 2.70. The average Bonchev–Trinajstić information content (AvgIpc) is 2.25. The molecule has 0 saturated carbocycles. The number of pyridine rings is 1. The fourth-order valence-electron chi connectivity index (χ4n) is 0.938. The number of rotatable bonds is 2. The molecule has 0 amide bonds. The highest BCUT2D eigenvalue weighted by molar-refractivity contribution is 14.1. The van der Waals surface area contributed by atoms with Crippen LogP contribution in [-0.2, 0) is 0 Å². The van der Waals surface area contributed by atoms with E-state index in [-0.39, 0.29) is 0 Å². The number of nitrogens with zero attached hydrogens (tertiary/aromatic N) is 3. The van der Waals surface area contributed by atoms with E-state index in [4.69, 9.17) is 5.73 Å². The molecule has 76 valence electrons. The van der Waals surface area contributed by atoms with E-state index in [9.17, 15) is 0 Å². The quantitative estimate of drug-likeness (QED) is 0.676. The molecule has 0 fully saturated rings. The first-order valence-corrected chi connectivity index (χ1v) is 6.00. The summed E-state index contributed by atoms with van der Waals surface area (Å²) in [5, 5.41) is 0.688. The predicted molar refractivity (Wildman–Crippen MR) is 67.5 cm³/mol. The van der Waals surface area contributed by atoms with E-state index >= 15 is 0 Å². The largest absolute Gasteiger partial charge is 0.397 e. The van der Waals surface area contributed by atoms with E-state index < -0.39 is 0 Å². The Labute approximate surface area is 105 Å². The van der Waals surface area contributed by atoms with Crippen LogP contribution in [-0.4, -0.2) is 15.0 Å². The summed E-state index contributed by atoms with van der Waals surface area (Å²) in [4.78, 5) is 13.2. The maximum absolute atomic E-state index is 5.76. The summed E-state index contributed by atoms with van der Waals surface area (Å²) in [6.07, 6.45) is 6.86. The molecule has 4 nitrogen and oxygen atoms in total. The van der Waals surface area contributed by atoms with E-state index in [1.54, 1.807) is 24.8 Å². The van der Waals surface area contributed by atoms with Gasteiger partial charge in [0.05, 0.1) is 11.9 Å². The van der Waals surface area contributed by atoms with Crippen LogP contribution < -0.4 is 5.73 Å². The molecule has 15 heavy (non-hydrogen) atoms. The van der Waals surface area contributed by atoms with E-state index in [2.05, 4.69) is 37.5 Å². The van der Waals surface area contributed by atoms with Crippen LogP contribution in [0.25, 0.3) is 0 Å². The van der Waals surface area contributed by atoms with Crippen molar-refractivity contribution >= 4 is 40.0 Å². The highest BCUT2D eigenvalue weighted by atomic mass is 127. The van der Waals surface area contributed by atoms with Crippen LogP contribution in [0.3, 0.4) is 0 Å². The number of hydrogen-bond acceptors (Lipinski definition) is 5. The van der Waals surface area contributed by atoms with Gasteiger partial charge in [0.2, 0.25) is 0 Å². The first kappa shape index (κ1) is 10.6. The van der Waals surface area contributed by atoms with Crippen molar-refractivity contribution in [2.24, 2.45) is 0 Å². The van der Waals surface area contributed by atoms with Crippen molar-refractivity contribution in [2.45, 2.75) is 10.1 Å². The Bertz CT molecular complexity index is 460. The molecule has 2 N–H and O–H groups in total. The Morgan fingerprint density at radius 2 is 1.93 bits per heavy atom. The van der Waals surface area contributed by atoms with Gasteiger partial charge in [-0.25, -0.2) is 9.97 Å². The van der Waals surface area contributed by atoms with Gasteiger partial charge in [-0.1, -0.05) is 0 Å². The van der Waals surface area contributed by atoms with Gasteiger partial charge in [0, 0.05) is 27.1 Å².